The molecule has 1 amide bonds. The van der Waals surface area contributed by atoms with Crippen LogP contribution in [0.2, 0.25) is 0 Å². The fourth-order valence-electron chi connectivity index (χ4n) is 3.21. The number of nitrogens with zero attached hydrogens (tertiary/aromatic N) is 3. The number of guanidine groups is 1. The van der Waals surface area contributed by atoms with Crippen molar-refractivity contribution < 1.29 is 4.79 Å². The second-order valence-electron chi connectivity index (χ2n) is 7.08. The molecule has 0 aliphatic rings. The van der Waals surface area contributed by atoms with Gasteiger partial charge in [0.15, 0.2) is 5.96 Å². The van der Waals surface area contributed by atoms with Gasteiger partial charge >= 0.3 is 0 Å². The van der Waals surface area contributed by atoms with Gasteiger partial charge < -0.3 is 16.4 Å². The summed E-state index contributed by atoms with van der Waals surface area (Å²) in [6.07, 6.45) is 0. The van der Waals surface area contributed by atoms with Gasteiger partial charge in [0.2, 0.25) is 5.91 Å². The van der Waals surface area contributed by atoms with Gasteiger partial charge in [0.1, 0.15) is 0 Å². The van der Waals surface area contributed by atoms with Crippen LogP contribution in [0.25, 0.3) is 5.69 Å². The second-order valence-corrected chi connectivity index (χ2v) is 7.08. The summed E-state index contributed by atoms with van der Waals surface area (Å²) in [4.78, 5) is 15.9. The van der Waals surface area contributed by atoms with Gasteiger partial charge in [-0.3, -0.25) is 4.79 Å². The number of carbonyl (C=O) groups is 1. The summed E-state index contributed by atoms with van der Waals surface area (Å²) >= 11 is 0. The van der Waals surface area contributed by atoms with Gasteiger partial charge in [0.05, 0.1) is 17.9 Å². The topological polar surface area (TPSA) is 97.3 Å². The smallest absolute Gasteiger partial charge is 0.248 e. The van der Waals surface area contributed by atoms with Crippen molar-refractivity contribution >= 4 is 35.8 Å². The van der Waals surface area contributed by atoms with Crippen LogP contribution in [0.3, 0.4) is 0 Å². The minimum Gasteiger partial charge on any atom is -0.366 e. The molecule has 3 rings (SSSR count). The third-order valence-corrected chi connectivity index (χ3v) is 4.68. The molecule has 0 fully saturated rings. The fourth-order valence-corrected chi connectivity index (χ4v) is 3.21. The first-order valence-electron chi connectivity index (χ1n) is 10.0. The molecule has 0 atom stereocenters. The Balaban J connectivity index is 0.00000341. The van der Waals surface area contributed by atoms with Crippen molar-refractivity contribution in [1.82, 2.24) is 20.4 Å². The molecular formula is C23H29IN6O. The van der Waals surface area contributed by atoms with E-state index in [0.717, 1.165) is 40.7 Å². The zero-order valence-electron chi connectivity index (χ0n) is 18.1. The summed E-state index contributed by atoms with van der Waals surface area (Å²) in [5, 5.41) is 11.3. The Kier molecular flexibility index (Phi) is 9.04. The minimum atomic E-state index is -0.429. The maximum atomic E-state index is 11.2. The first-order chi connectivity index (χ1) is 14.5. The van der Waals surface area contributed by atoms with Gasteiger partial charge in [-0.15, -0.1) is 24.0 Å². The summed E-state index contributed by atoms with van der Waals surface area (Å²) in [6.45, 7) is 7.94. The molecule has 0 unspecified atom stereocenters. The summed E-state index contributed by atoms with van der Waals surface area (Å²) in [5.41, 5.74) is 11.1. The van der Waals surface area contributed by atoms with Crippen LogP contribution in [0.1, 0.15) is 39.8 Å². The van der Waals surface area contributed by atoms with Gasteiger partial charge in [-0.25, -0.2) is 9.67 Å². The molecule has 0 bridgehead atoms. The van der Waals surface area contributed by atoms with Crippen molar-refractivity contribution in [2.75, 3.05) is 6.54 Å². The Labute approximate surface area is 200 Å². The van der Waals surface area contributed by atoms with E-state index in [2.05, 4.69) is 45.8 Å². The molecular weight excluding hydrogens is 503 g/mol. The number of para-hydroxylation sites is 1. The predicted octanol–water partition coefficient (Wildman–Crippen LogP) is 3.46. The highest BCUT2D eigenvalue weighted by Crippen LogP contribution is 2.17. The van der Waals surface area contributed by atoms with Gasteiger partial charge in [-0.2, -0.15) is 5.10 Å². The number of halogens is 1. The number of hydrogen-bond donors (Lipinski definition) is 3. The van der Waals surface area contributed by atoms with Crippen LogP contribution in [0, 0.1) is 13.8 Å². The maximum absolute atomic E-state index is 11.2. The van der Waals surface area contributed by atoms with Crippen LogP contribution in [0.15, 0.2) is 59.6 Å². The summed E-state index contributed by atoms with van der Waals surface area (Å²) in [5.74, 6) is 0.293. The Morgan fingerprint density at radius 1 is 1.10 bits per heavy atom. The second kappa shape index (κ2) is 11.5. The zero-order valence-corrected chi connectivity index (χ0v) is 20.4. The first kappa shape index (κ1) is 24.4. The zero-order chi connectivity index (χ0) is 21.5. The highest BCUT2D eigenvalue weighted by molar-refractivity contribution is 14.0. The first-order valence-corrected chi connectivity index (χ1v) is 10.0. The standard InChI is InChI=1S/C23H28N6O.HI/c1-4-25-23(26-14-18-9-11-19(12-10-18)22(24)30)27-15-20-7-5-6-8-21(20)29-17(3)13-16(2)28-29;/h5-13H,4,14-15H2,1-3H3,(H2,24,30)(H2,25,26,27);1H. The van der Waals surface area contributed by atoms with E-state index in [-0.39, 0.29) is 24.0 Å². The number of nitrogens with one attached hydrogen (secondary N) is 2. The van der Waals surface area contributed by atoms with Crippen LogP contribution < -0.4 is 16.4 Å². The number of primary amides is 1. The average Bonchev–Trinajstić information content (AvgIpc) is 3.08. The van der Waals surface area contributed by atoms with Crippen LogP contribution >= 0.6 is 24.0 Å². The highest BCUT2D eigenvalue weighted by Gasteiger charge is 2.09. The number of carbonyl (C=O) groups excluding carboxylic acids is 1. The van der Waals surface area contributed by atoms with Crippen LogP contribution in [-0.2, 0) is 13.1 Å². The molecule has 0 saturated heterocycles. The van der Waals surface area contributed by atoms with Gasteiger partial charge in [-0.05, 0) is 56.2 Å². The average molecular weight is 532 g/mol. The van der Waals surface area contributed by atoms with Gasteiger partial charge in [-0.1, -0.05) is 30.3 Å². The largest absolute Gasteiger partial charge is 0.366 e. The van der Waals surface area contributed by atoms with E-state index in [1.165, 1.54) is 0 Å². The van der Waals surface area contributed by atoms with E-state index in [0.29, 0.717) is 18.7 Å². The molecule has 4 N–H and O–H groups in total. The molecule has 164 valence electrons. The van der Waals surface area contributed by atoms with Crippen LogP contribution in [0.4, 0.5) is 0 Å². The van der Waals surface area contributed by atoms with E-state index < -0.39 is 5.91 Å². The predicted molar refractivity (Wildman–Crippen MR) is 135 cm³/mol. The van der Waals surface area contributed by atoms with E-state index in [9.17, 15) is 4.79 Å². The van der Waals surface area contributed by atoms with E-state index >= 15 is 0 Å². The van der Waals surface area contributed by atoms with Crippen molar-refractivity contribution in [2.45, 2.75) is 33.9 Å². The highest BCUT2D eigenvalue weighted by atomic mass is 127. The lowest BCUT2D eigenvalue weighted by Crippen LogP contribution is -2.37. The molecule has 0 aliphatic heterocycles. The molecule has 3 aromatic rings. The maximum Gasteiger partial charge on any atom is 0.248 e. The quantitative estimate of drug-likeness (QED) is 0.247. The molecule has 0 spiro atoms. The molecule has 7 nitrogen and oxygen atoms in total. The molecule has 31 heavy (non-hydrogen) atoms. The number of aromatic nitrogens is 2. The third-order valence-electron chi connectivity index (χ3n) is 4.68. The molecule has 0 radical (unpaired) electrons. The summed E-state index contributed by atoms with van der Waals surface area (Å²) < 4.78 is 1.97. The van der Waals surface area contributed by atoms with E-state index in [1.54, 1.807) is 12.1 Å². The number of aryl methyl sites for hydroxylation is 2. The minimum absolute atomic E-state index is 0. The van der Waals surface area contributed by atoms with Crippen molar-refractivity contribution in [3.8, 4) is 5.69 Å². The molecule has 0 aliphatic carbocycles. The molecule has 1 aromatic heterocycles. The van der Waals surface area contributed by atoms with E-state index in [4.69, 9.17) is 5.73 Å². The monoisotopic (exact) mass is 532 g/mol. The lowest BCUT2D eigenvalue weighted by molar-refractivity contribution is 0.100. The number of hydrogen-bond acceptors (Lipinski definition) is 3. The molecule has 8 heteroatoms. The van der Waals surface area contributed by atoms with Gasteiger partial charge in [0, 0.05) is 24.3 Å². The van der Waals surface area contributed by atoms with Crippen LogP contribution in [0.5, 0.6) is 0 Å². The molecule has 0 saturated carbocycles. The lowest BCUT2D eigenvalue weighted by Gasteiger charge is -2.15. The van der Waals surface area contributed by atoms with Crippen molar-refractivity contribution in [3.63, 3.8) is 0 Å². The Morgan fingerprint density at radius 3 is 2.42 bits per heavy atom. The van der Waals surface area contributed by atoms with Crippen molar-refractivity contribution in [1.29, 1.82) is 0 Å². The summed E-state index contributed by atoms with van der Waals surface area (Å²) in [6, 6.07) is 17.4. The Hall–Kier alpha value is -2.88. The number of benzene rings is 2. The third kappa shape index (κ3) is 6.55. The normalized spacial score (nSPS) is 11.0. The fraction of sp³-hybridized carbons (Fsp3) is 0.261. The van der Waals surface area contributed by atoms with Crippen molar-refractivity contribution in [3.05, 3.63) is 82.7 Å². The summed E-state index contributed by atoms with van der Waals surface area (Å²) in [7, 11) is 0. The number of rotatable bonds is 7. The Morgan fingerprint density at radius 2 is 1.81 bits per heavy atom. The number of amides is 1. The molecule has 2 aromatic carbocycles. The van der Waals surface area contributed by atoms with Crippen molar-refractivity contribution in [2.24, 2.45) is 10.7 Å². The lowest BCUT2D eigenvalue weighted by atomic mass is 10.1. The Bertz CT molecular complexity index is 1040. The van der Waals surface area contributed by atoms with Gasteiger partial charge in [0.25, 0.3) is 0 Å². The molecule has 1 heterocycles. The number of nitrogens with two attached hydrogens (primary N) is 1. The SMILES string of the molecule is CCNC(=NCc1ccc(C(N)=O)cc1)NCc1ccccc1-n1nc(C)cc1C.I. The van der Waals surface area contributed by atoms with Crippen LogP contribution in [-0.4, -0.2) is 28.2 Å². The van der Waals surface area contributed by atoms with E-state index in [1.807, 2.05) is 42.8 Å². The number of aliphatic imine (C=N–C) groups is 1.